The molecule has 0 saturated heterocycles. The van der Waals surface area contributed by atoms with E-state index >= 15 is 0 Å². The van der Waals surface area contributed by atoms with Crippen LogP contribution in [0.5, 0.6) is 0 Å². The summed E-state index contributed by atoms with van der Waals surface area (Å²) >= 11 is 1.80. The highest BCUT2D eigenvalue weighted by atomic mass is 32.1. The average Bonchev–Trinajstić information content (AvgIpc) is 2.67. The first-order valence-electron chi connectivity index (χ1n) is 6.09. The Morgan fingerprint density at radius 1 is 1.44 bits per heavy atom. The lowest BCUT2D eigenvalue weighted by molar-refractivity contribution is 0.506. The van der Waals surface area contributed by atoms with E-state index in [0.717, 1.165) is 6.42 Å². The van der Waals surface area contributed by atoms with Gasteiger partial charge in [-0.05, 0) is 19.9 Å². The van der Waals surface area contributed by atoms with Gasteiger partial charge in [-0.1, -0.05) is 27.7 Å². The van der Waals surface area contributed by atoms with Crippen molar-refractivity contribution >= 4 is 11.3 Å². The van der Waals surface area contributed by atoms with Crippen molar-refractivity contribution in [1.29, 1.82) is 0 Å². The van der Waals surface area contributed by atoms with Gasteiger partial charge in [-0.3, -0.25) is 0 Å². The molecular formula is C13H24N2S. The van der Waals surface area contributed by atoms with E-state index in [4.69, 9.17) is 4.98 Å². The molecule has 1 N–H and O–H groups in total. The maximum atomic E-state index is 4.71. The summed E-state index contributed by atoms with van der Waals surface area (Å²) in [6, 6.07) is 0.627. The standard InChI is InChI=1S/C13H24N2S/c1-6-10(14-5)7-8-12-15-11(9-16-12)13(2,3)4/h9-10,14H,6-8H2,1-5H3. The molecule has 1 aromatic heterocycles. The van der Waals surface area contributed by atoms with Crippen LogP contribution in [0.4, 0.5) is 0 Å². The van der Waals surface area contributed by atoms with E-state index in [1.54, 1.807) is 11.3 Å². The van der Waals surface area contributed by atoms with Gasteiger partial charge < -0.3 is 5.32 Å². The minimum atomic E-state index is 0.182. The number of hydrogen-bond donors (Lipinski definition) is 1. The summed E-state index contributed by atoms with van der Waals surface area (Å²) in [7, 11) is 2.04. The van der Waals surface area contributed by atoms with Crippen LogP contribution in [0.25, 0.3) is 0 Å². The minimum Gasteiger partial charge on any atom is -0.317 e. The van der Waals surface area contributed by atoms with Crippen molar-refractivity contribution in [1.82, 2.24) is 10.3 Å². The molecule has 1 atom stereocenters. The molecule has 0 aliphatic heterocycles. The lowest BCUT2D eigenvalue weighted by Crippen LogP contribution is -2.24. The lowest BCUT2D eigenvalue weighted by atomic mass is 9.93. The van der Waals surface area contributed by atoms with E-state index in [2.05, 4.69) is 38.4 Å². The van der Waals surface area contributed by atoms with E-state index in [1.165, 1.54) is 23.5 Å². The van der Waals surface area contributed by atoms with Crippen LogP contribution in [0.3, 0.4) is 0 Å². The summed E-state index contributed by atoms with van der Waals surface area (Å²) in [5.41, 5.74) is 1.41. The Morgan fingerprint density at radius 2 is 2.12 bits per heavy atom. The summed E-state index contributed by atoms with van der Waals surface area (Å²) in [4.78, 5) is 4.71. The van der Waals surface area contributed by atoms with Crippen LogP contribution in [0.1, 0.15) is 51.2 Å². The summed E-state index contributed by atoms with van der Waals surface area (Å²) in [6.07, 6.45) is 3.47. The second kappa shape index (κ2) is 5.78. The fourth-order valence-electron chi connectivity index (χ4n) is 1.62. The van der Waals surface area contributed by atoms with E-state index in [0.29, 0.717) is 6.04 Å². The smallest absolute Gasteiger partial charge is 0.0929 e. The third-order valence-electron chi connectivity index (χ3n) is 2.93. The largest absolute Gasteiger partial charge is 0.317 e. The number of nitrogens with one attached hydrogen (secondary N) is 1. The zero-order valence-corrected chi connectivity index (χ0v) is 11.9. The molecule has 92 valence electrons. The SMILES string of the molecule is CCC(CCc1nc(C(C)(C)C)cs1)NC. The number of thiazole rings is 1. The zero-order valence-electron chi connectivity index (χ0n) is 11.1. The molecule has 1 heterocycles. The zero-order chi connectivity index (χ0) is 12.2. The molecule has 1 rings (SSSR count). The van der Waals surface area contributed by atoms with Crippen molar-refractivity contribution in [3.8, 4) is 0 Å². The van der Waals surface area contributed by atoms with Crippen molar-refractivity contribution in [2.75, 3.05) is 7.05 Å². The third kappa shape index (κ3) is 3.87. The van der Waals surface area contributed by atoms with Crippen molar-refractivity contribution in [2.45, 2.75) is 58.4 Å². The van der Waals surface area contributed by atoms with Crippen molar-refractivity contribution in [2.24, 2.45) is 0 Å². The quantitative estimate of drug-likeness (QED) is 0.853. The Kier molecular flexibility index (Phi) is 4.93. The third-order valence-corrected chi connectivity index (χ3v) is 3.84. The normalized spacial score (nSPS) is 14.1. The van der Waals surface area contributed by atoms with Crippen LogP contribution < -0.4 is 5.32 Å². The van der Waals surface area contributed by atoms with Crippen LogP contribution in [-0.2, 0) is 11.8 Å². The molecule has 2 nitrogen and oxygen atoms in total. The highest BCUT2D eigenvalue weighted by molar-refractivity contribution is 7.09. The summed E-state index contributed by atoms with van der Waals surface area (Å²) < 4.78 is 0. The number of aromatic nitrogens is 1. The Morgan fingerprint density at radius 3 is 2.56 bits per heavy atom. The fourth-order valence-corrected chi connectivity index (χ4v) is 2.66. The molecule has 0 aliphatic rings. The molecule has 0 amide bonds. The Hall–Kier alpha value is -0.410. The van der Waals surface area contributed by atoms with E-state index in [1.807, 2.05) is 7.05 Å². The van der Waals surface area contributed by atoms with Gasteiger partial charge in [0.05, 0.1) is 10.7 Å². The van der Waals surface area contributed by atoms with E-state index in [9.17, 15) is 0 Å². The molecule has 1 unspecified atom stereocenters. The van der Waals surface area contributed by atoms with Gasteiger partial charge in [-0.25, -0.2) is 4.98 Å². The molecule has 0 aromatic carbocycles. The van der Waals surface area contributed by atoms with Crippen molar-refractivity contribution in [3.63, 3.8) is 0 Å². The van der Waals surface area contributed by atoms with Crippen LogP contribution in [0.15, 0.2) is 5.38 Å². The topological polar surface area (TPSA) is 24.9 Å². The van der Waals surface area contributed by atoms with Crippen molar-refractivity contribution in [3.05, 3.63) is 16.1 Å². The van der Waals surface area contributed by atoms with Crippen LogP contribution in [-0.4, -0.2) is 18.1 Å². The number of hydrogen-bond acceptors (Lipinski definition) is 3. The second-order valence-electron chi connectivity index (χ2n) is 5.31. The molecule has 0 aliphatic carbocycles. The second-order valence-corrected chi connectivity index (χ2v) is 6.25. The highest BCUT2D eigenvalue weighted by Gasteiger charge is 2.17. The van der Waals surface area contributed by atoms with Crippen LogP contribution in [0, 0.1) is 0 Å². The van der Waals surface area contributed by atoms with Crippen LogP contribution in [0.2, 0.25) is 0 Å². The Labute approximate surface area is 103 Å². The maximum Gasteiger partial charge on any atom is 0.0929 e. The van der Waals surface area contributed by atoms with Gasteiger partial charge in [0.25, 0.3) is 0 Å². The van der Waals surface area contributed by atoms with Gasteiger partial charge in [0.2, 0.25) is 0 Å². The predicted octanol–water partition coefficient (Wildman–Crippen LogP) is 3.37. The maximum absolute atomic E-state index is 4.71. The molecule has 1 aromatic rings. The highest BCUT2D eigenvalue weighted by Crippen LogP contribution is 2.24. The van der Waals surface area contributed by atoms with Gasteiger partial charge in [0.1, 0.15) is 0 Å². The summed E-state index contributed by atoms with van der Waals surface area (Å²) in [6.45, 7) is 8.88. The monoisotopic (exact) mass is 240 g/mol. The van der Waals surface area contributed by atoms with Crippen LogP contribution >= 0.6 is 11.3 Å². The molecule has 0 bridgehead atoms. The number of nitrogens with zero attached hydrogens (tertiary/aromatic N) is 1. The first-order chi connectivity index (χ1) is 7.47. The molecule has 0 spiro atoms. The van der Waals surface area contributed by atoms with Gasteiger partial charge in [-0.2, -0.15) is 0 Å². The minimum absolute atomic E-state index is 0.182. The van der Waals surface area contributed by atoms with Gasteiger partial charge >= 0.3 is 0 Å². The Balaban J connectivity index is 2.53. The van der Waals surface area contributed by atoms with Gasteiger partial charge in [-0.15, -0.1) is 11.3 Å². The predicted molar refractivity (Wildman–Crippen MR) is 72.3 cm³/mol. The molecular weight excluding hydrogens is 216 g/mol. The molecule has 0 fully saturated rings. The van der Waals surface area contributed by atoms with Gasteiger partial charge in [0.15, 0.2) is 0 Å². The van der Waals surface area contributed by atoms with E-state index < -0.39 is 0 Å². The first kappa shape index (κ1) is 13.7. The molecule has 3 heteroatoms. The van der Waals surface area contributed by atoms with Crippen molar-refractivity contribution < 1.29 is 0 Å². The first-order valence-corrected chi connectivity index (χ1v) is 6.97. The Bertz CT molecular complexity index is 308. The lowest BCUT2D eigenvalue weighted by Gasteiger charge is -2.14. The average molecular weight is 240 g/mol. The molecule has 0 radical (unpaired) electrons. The number of aryl methyl sites for hydroxylation is 1. The number of rotatable bonds is 5. The summed E-state index contributed by atoms with van der Waals surface area (Å²) in [5.74, 6) is 0. The molecule has 0 saturated carbocycles. The summed E-state index contributed by atoms with van der Waals surface area (Å²) in [5, 5.41) is 6.82. The molecule has 16 heavy (non-hydrogen) atoms. The van der Waals surface area contributed by atoms with E-state index in [-0.39, 0.29) is 5.41 Å². The fraction of sp³-hybridized carbons (Fsp3) is 0.769. The van der Waals surface area contributed by atoms with Gasteiger partial charge in [0, 0.05) is 23.3 Å².